The van der Waals surface area contributed by atoms with Crippen molar-refractivity contribution in [3.05, 3.63) is 28.0 Å². The zero-order chi connectivity index (χ0) is 15.3. The quantitative estimate of drug-likeness (QED) is 0.610. The highest BCUT2D eigenvalue weighted by atomic mass is 35.5. The summed E-state index contributed by atoms with van der Waals surface area (Å²) < 4.78 is 58.9. The third kappa shape index (κ3) is 1.98. The normalized spacial score (nSPS) is 32.1. The van der Waals surface area contributed by atoms with Gasteiger partial charge in [-0.2, -0.15) is 17.6 Å². The maximum atomic E-state index is 13.8. The number of rotatable bonds is 1. The molecular weight excluding hydrogens is 329 g/mol. The van der Waals surface area contributed by atoms with Crippen molar-refractivity contribution in [2.24, 2.45) is 0 Å². The lowest BCUT2D eigenvalue weighted by Crippen LogP contribution is -2.67. The lowest BCUT2D eigenvalue weighted by molar-refractivity contribution is -0.433. The van der Waals surface area contributed by atoms with E-state index in [1.54, 1.807) is 0 Å². The van der Waals surface area contributed by atoms with E-state index in [9.17, 15) is 22.7 Å². The van der Waals surface area contributed by atoms with Crippen LogP contribution in [0.4, 0.5) is 17.6 Å². The van der Waals surface area contributed by atoms with Crippen molar-refractivity contribution in [3.63, 3.8) is 0 Å². The van der Waals surface area contributed by atoms with Crippen LogP contribution >= 0.6 is 23.2 Å². The Morgan fingerprint density at radius 3 is 2.40 bits per heavy atom. The van der Waals surface area contributed by atoms with Gasteiger partial charge >= 0.3 is 11.8 Å². The molecule has 1 saturated heterocycles. The number of nitrogens with zero attached hydrogens (tertiary/aromatic N) is 1. The van der Waals surface area contributed by atoms with Crippen LogP contribution in [0.3, 0.4) is 0 Å². The molecule has 0 radical (unpaired) electrons. The molecular formula is C10H7Cl2F4NO3. The second-order valence-corrected chi connectivity index (χ2v) is 4.89. The molecule has 0 unspecified atom stereocenters. The first kappa shape index (κ1) is 15.7. The number of ether oxygens (including phenoxy) is 1. The van der Waals surface area contributed by atoms with Gasteiger partial charge in [0.15, 0.2) is 0 Å². The van der Waals surface area contributed by atoms with Gasteiger partial charge in [-0.3, -0.25) is 0 Å². The summed E-state index contributed by atoms with van der Waals surface area (Å²) in [4.78, 5) is 3.38. The Morgan fingerprint density at radius 2 is 1.85 bits per heavy atom. The highest BCUT2D eigenvalue weighted by Gasteiger charge is 2.76. The third-order valence-corrected chi connectivity index (χ3v) is 3.39. The molecule has 0 spiro atoms. The summed E-state index contributed by atoms with van der Waals surface area (Å²) in [5, 5.41) is 17.9. The molecule has 10 heteroatoms. The Labute approximate surface area is 119 Å². The minimum atomic E-state index is -5.13. The van der Waals surface area contributed by atoms with Crippen molar-refractivity contribution in [1.29, 1.82) is 0 Å². The fraction of sp³-hybridized carbons (Fsp3) is 0.500. The van der Waals surface area contributed by atoms with Gasteiger partial charge in [-0.05, 0) is 12.1 Å². The van der Waals surface area contributed by atoms with Gasteiger partial charge in [0.05, 0.1) is 12.2 Å². The van der Waals surface area contributed by atoms with Crippen LogP contribution in [0.2, 0.25) is 10.3 Å². The molecule has 0 amide bonds. The monoisotopic (exact) mass is 335 g/mol. The second kappa shape index (κ2) is 4.67. The predicted molar refractivity (Wildman–Crippen MR) is 60.0 cm³/mol. The first-order valence-electron chi connectivity index (χ1n) is 5.16. The van der Waals surface area contributed by atoms with Gasteiger partial charge < -0.3 is 14.9 Å². The second-order valence-electron chi connectivity index (χ2n) is 4.14. The molecule has 1 aromatic rings. The molecule has 0 bridgehead atoms. The van der Waals surface area contributed by atoms with E-state index < -0.39 is 41.1 Å². The number of aliphatic hydroxyl groups is 2. The minimum absolute atomic E-state index is 0.187. The number of aliphatic hydroxyl groups excluding tert-OH is 1. The Balaban J connectivity index is 2.59. The predicted octanol–water partition coefficient (Wildman–Crippen LogP) is 2.20. The van der Waals surface area contributed by atoms with E-state index in [2.05, 4.69) is 9.72 Å². The van der Waals surface area contributed by atoms with Gasteiger partial charge in [0.2, 0.25) is 0 Å². The molecule has 0 aliphatic carbocycles. The summed E-state index contributed by atoms with van der Waals surface area (Å²) in [5.74, 6) is -13.8. The van der Waals surface area contributed by atoms with Crippen molar-refractivity contribution in [1.82, 2.24) is 4.98 Å². The Morgan fingerprint density at radius 1 is 1.25 bits per heavy atom. The van der Waals surface area contributed by atoms with E-state index >= 15 is 0 Å². The van der Waals surface area contributed by atoms with E-state index in [0.29, 0.717) is 0 Å². The van der Waals surface area contributed by atoms with Crippen LogP contribution in [0.25, 0.3) is 0 Å². The van der Waals surface area contributed by atoms with Crippen molar-refractivity contribution in [2.75, 3.05) is 6.61 Å². The zero-order valence-electron chi connectivity index (χ0n) is 9.46. The molecule has 2 atom stereocenters. The molecule has 2 heterocycles. The van der Waals surface area contributed by atoms with Crippen LogP contribution < -0.4 is 0 Å². The molecule has 4 nitrogen and oxygen atoms in total. The van der Waals surface area contributed by atoms with Gasteiger partial charge in [-0.25, -0.2) is 4.98 Å². The summed E-state index contributed by atoms with van der Waals surface area (Å²) in [7, 11) is 0. The molecule has 1 fully saturated rings. The van der Waals surface area contributed by atoms with E-state index in [-0.39, 0.29) is 5.15 Å². The van der Waals surface area contributed by atoms with Crippen LogP contribution in [0.1, 0.15) is 5.56 Å². The molecule has 1 aliphatic heterocycles. The minimum Gasteiger partial charge on any atom is -0.384 e. The van der Waals surface area contributed by atoms with E-state index in [1.807, 2.05) is 0 Å². The Hall–Kier alpha value is -0.670. The molecule has 0 saturated carbocycles. The van der Waals surface area contributed by atoms with Crippen molar-refractivity contribution in [3.8, 4) is 0 Å². The molecule has 1 aromatic heterocycles. The van der Waals surface area contributed by atoms with E-state index in [0.717, 1.165) is 12.1 Å². The van der Waals surface area contributed by atoms with Crippen LogP contribution in [0, 0.1) is 0 Å². The summed E-state index contributed by atoms with van der Waals surface area (Å²) in [6.07, 6.45) is -2.77. The smallest absolute Gasteiger partial charge is 0.369 e. The van der Waals surface area contributed by atoms with Crippen LogP contribution in [0.15, 0.2) is 12.1 Å². The Bertz CT molecular complexity index is 545. The van der Waals surface area contributed by atoms with Gasteiger partial charge in [-0.15, -0.1) is 0 Å². The van der Waals surface area contributed by atoms with Gasteiger partial charge in [-0.1, -0.05) is 23.2 Å². The molecule has 2 N–H and O–H groups in total. The number of halogens is 6. The largest absolute Gasteiger partial charge is 0.384 e. The Kier molecular flexibility index (Phi) is 3.67. The van der Waals surface area contributed by atoms with Crippen LogP contribution in [0.5, 0.6) is 0 Å². The molecule has 112 valence electrons. The molecule has 0 aromatic carbocycles. The number of alkyl halides is 4. The third-order valence-electron chi connectivity index (χ3n) is 2.89. The molecule has 20 heavy (non-hydrogen) atoms. The SMILES string of the molecule is O[C@H]1CO[C@](O)(c2ccc(Cl)nc2Cl)C(F)(F)C1(F)F. The lowest BCUT2D eigenvalue weighted by Gasteiger charge is -2.45. The maximum Gasteiger partial charge on any atom is 0.369 e. The number of aromatic nitrogens is 1. The average Bonchev–Trinajstić information content (AvgIpc) is 2.33. The topological polar surface area (TPSA) is 62.6 Å². The highest BCUT2D eigenvalue weighted by molar-refractivity contribution is 6.32. The van der Waals surface area contributed by atoms with Gasteiger partial charge in [0.1, 0.15) is 16.4 Å². The van der Waals surface area contributed by atoms with Crippen molar-refractivity contribution in [2.45, 2.75) is 23.7 Å². The number of hydrogen-bond acceptors (Lipinski definition) is 4. The average molecular weight is 336 g/mol. The first-order chi connectivity index (χ1) is 9.04. The van der Waals surface area contributed by atoms with Gasteiger partial charge in [0.25, 0.3) is 5.79 Å². The van der Waals surface area contributed by atoms with Crippen LogP contribution in [-0.4, -0.2) is 39.8 Å². The number of pyridine rings is 1. The first-order valence-corrected chi connectivity index (χ1v) is 5.92. The molecule has 2 rings (SSSR count). The standard InChI is InChI=1S/C10H7Cl2F4NO3/c11-6-2-1-4(7(12)17-6)9(19)10(15,16)8(13,14)5(18)3-20-9/h1-2,5,18-19H,3H2/t5-,9+/m0/s1. The van der Waals surface area contributed by atoms with E-state index in [4.69, 9.17) is 28.3 Å². The number of hydrogen-bond donors (Lipinski definition) is 2. The van der Waals surface area contributed by atoms with Crippen molar-refractivity contribution < 1.29 is 32.5 Å². The highest BCUT2D eigenvalue weighted by Crippen LogP contribution is 2.53. The zero-order valence-corrected chi connectivity index (χ0v) is 11.0. The summed E-state index contributed by atoms with van der Waals surface area (Å²) in [5.41, 5.74) is -0.875. The lowest BCUT2D eigenvalue weighted by atomic mass is 9.90. The fourth-order valence-electron chi connectivity index (χ4n) is 1.74. The summed E-state index contributed by atoms with van der Waals surface area (Å²) in [6, 6.07) is 1.77. The fourth-order valence-corrected chi connectivity index (χ4v) is 2.21. The van der Waals surface area contributed by atoms with E-state index in [1.165, 1.54) is 0 Å². The van der Waals surface area contributed by atoms with Crippen LogP contribution in [-0.2, 0) is 10.5 Å². The van der Waals surface area contributed by atoms with Crippen molar-refractivity contribution >= 4 is 23.2 Å². The summed E-state index contributed by atoms with van der Waals surface area (Å²) in [6.45, 7) is -1.21. The maximum absolute atomic E-state index is 13.8. The summed E-state index contributed by atoms with van der Waals surface area (Å²) >= 11 is 11.0. The van der Waals surface area contributed by atoms with Gasteiger partial charge in [0, 0.05) is 0 Å². The molecule has 1 aliphatic rings.